The zero-order valence-corrected chi connectivity index (χ0v) is 15.0. The van der Waals surface area contributed by atoms with E-state index in [1.807, 2.05) is 0 Å². The summed E-state index contributed by atoms with van der Waals surface area (Å²) in [5.41, 5.74) is 3.43. The van der Waals surface area contributed by atoms with E-state index >= 15 is 0 Å². The Labute approximate surface area is 129 Å². The Kier molecular flexibility index (Phi) is 7.93. The van der Waals surface area contributed by atoms with Crippen LogP contribution >= 0.6 is 7.92 Å². The molecule has 0 aromatic carbocycles. The minimum Gasteiger partial charge on any atom is -0.0971 e. The van der Waals surface area contributed by atoms with Crippen LogP contribution in [-0.2, 0) is 0 Å². The third-order valence-corrected chi connectivity index (χ3v) is 9.74. The predicted molar refractivity (Wildman–Crippen MR) is 94.3 cm³/mol. The van der Waals surface area contributed by atoms with Gasteiger partial charge in [0.05, 0.1) is 0 Å². The van der Waals surface area contributed by atoms with Crippen LogP contribution in [0.1, 0.15) is 104 Å². The molecule has 0 atom stereocenters. The maximum atomic E-state index is 2.41. The predicted octanol–water partition coefficient (Wildman–Crippen LogP) is 7.10. The zero-order chi connectivity index (χ0) is 14.2. The largest absolute Gasteiger partial charge is 0.0971 e. The SMILES string of the molecule is CCCC(CCC)P(C1CCCCC1)C1CCCCC1. The molecule has 0 unspecified atom stereocenters. The van der Waals surface area contributed by atoms with Gasteiger partial charge in [-0.05, 0) is 55.5 Å². The standard InChI is InChI=1S/C19H37P/c1-3-11-17(12-4-2)20(18-13-7-5-8-14-18)19-15-9-6-10-16-19/h17-19H,3-16H2,1-2H3. The lowest BCUT2D eigenvalue weighted by Crippen LogP contribution is -2.26. The normalized spacial score (nSPS) is 22.8. The smallest absolute Gasteiger partial charge is 0.0204 e. The van der Waals surface area contributed by atoms with Gasteiger partial charge in [0.15, 0.2) is 0 Å². The number of rotatable bonds is 7. The fraction of sp³-hybridized carbons (Fsp3) is 1.00. The lowest BCUT2D eigenvalue weighted by molar-refractivity contribution is 0.476. The van der Waals surface area contributed by atoms with Gasteiger partial charge in [-0.1, -0.05) is 73.1 Å². The van der Waals surface area contributed by atoms with E-state index in [0.717, 1.165) is 17.0 Å². The Balaban J connectivity index is 2.07. The van der Waals surface area contributed by atoms with Crippen LogP contribution in [0.25, 0.3) is 0 Å². The quantitative estimate of drug-likeness (QED) is 0.439. The summed E-state index contributed by atoms with van der Waals surface area (Å²) in [5.74, 6) is 0. The maximum Gasteiger partial charge on any atom is -0.0204 e. The molecule has 2 rings (SSSR count). The molecule has 0 aromatic rings. The van der Waals surface area contributed by atoms with Gasteiger partial charge in [0.1, 0.15) is 0 Å². The summed E-state index contributed by atoms with van der Waals surface area (Å²) in [7, 11) is 0.328. The van der Waals surface area contributed by atoms with Crippen molar-refractivity contribution in [3.63, 3.8) is 0 Å². The second kappa shape index (κ2) is 9.45. The van der Waals surface area contributed by atoms with Crippen LogP contribution in [0.3, 0.4) is 0 Å². The molecule has 0 N–H and O–H groups in total. The highest BCUT2D eigenvalue weighted by Gasteiger charge is 2.35. The van der Waals surface area contributed by atoms with Gasteiger partial charge >= 0.3 is 0 Å². The first-order valence-electron chi connectivity index (χ1n) is 9.64. The Morgan fingerprint density at radius 2 is 1.10 bits per heavy atom. The van der Waals surface area contributed by atoms with Crippen LogP contribution in [0.4, 0.5) is 0 Å². The molecular formula is C19H37P. The lowest BCUT2D eigenvalue weighted by Gasteiger charge is -2.43. The number of hydrogen-bond acceptors (Lipinski definition) is 0. The summed E-state index contributed by atoms with van der Waals surface area (Å²) in [4.78, 5) is 0. The van der Waals surface area contributed by atoms with Gasteiger partial charge in [-0.15, -0.1) is 0 Å². The van der Waals surface area contributed by atoms with E-state index in [-0.39, 0.29) is 0 Å². The number of hydrogen-bond donors (Lipinski definition) is 0. The first-order chi connectivity index (χ1) is 9.86. The van der Waals surface area contributed by atoms with E-state index < -0.39 is 0 Å². The molecule has 2 saturated carbocycles. The van der Waals surface area contributed by atoms with E-state index in [0.29, 0.717) is 7.92 Å². The van der Waals surface area contributed by atoms with Gasteiger partial charge in [-0.3, -0.25) is 0 Å². The van der Waals surface area contributed by atoms with Crippen molar-refractivity contribution in [2.75, 3.05) is 0 Å². The average molecular weight is 296 g/mol. The van der Waals surface area contributed by atoms with E-state index in [2.05, 4.69) is 13.8 Å². The van der Waals surface area contributed by atoms with Gasteiger partial charge in [0.2, 0.25) is 0 Å². The van der Waals surface area contributed by atoms with Crippen LogP contribution < -0.4 is 0 Å². The molecule has 0 amide bonds. The van der Waals surface area contributed by atoms with E-state index in [1.165, 1.54) is 38.5 Å². The lowest BCUT2D eigenvalue weighted by atomic mass is 9.99. The molecule has 0 aliphatic heterocycles. The van der Waals surface area contributed by atoms with Gasteiger partial charge in [0.25, 0.3) is 0 Å². The monoisotopic (exact) mass is 296 g/mol. The molecule has 2 aliphatic carbocycles. The van der Waals surface area contributed by atoms with Gasteiger partial charge in [-0.2, -0.15) is 0 Å². The topological polar surface area (TPSA) is 0 Å². The van der Waals surface area contributed by atoms with Crippen molar-refractivity contribution in [2.24, 2.45) is 0 Å². The molecule has 0 aromatic heterocycles. The first kappa shape index (κ1) is 16.8. The van der Waals surface area contributed by atoms with Gasteiger partial charge in [0, 0.05) is 0 Å². The third-order valence-electron chi connectivity index (χ3n) is 5.66. The highest BCUT2D eigenvalue weighted by atomic mass is 31.1. The van der Waals surface area contributed by atoms with Crippen molar-refractivity contribution in [1.29, 1.82) is 0 Å². The highest BCUT2D eigenvalue weighted by molar-refractivity contribution is 7.59. The Morgan fingerprint density at radius 3 is 1.45 bits per heavy atom. The van der Waals surface area contributed by atoms with Crippen molar-refractivity contribution in [3.8, 4) is 0 Å². The van der Waals surface area contributed by atoms with Crippen molar-refractivity contribution in [1.82, 2.24) is 0 Å². The Hall–Kier alpha value is 0.430. The van der Waals surface area contributed by atoms with E-state index in [4.69, 9.17) is 0 Å². The minimum absolute atomic E-state index is 0.328. The second-order valence-corrected chi connectivity index (χ2v) is 10.3. The van der Waals surface area contributed by atoms with Crippen molar-refractivity contribution >= 4 is 7.92 Å². The fourth-order valence-corrected chi connectivity index (χ4v) is 9.59. The summed E-state index contributed by atoms with van der Waals surface area (Å²) < 4.78 is 0. The fourth-order valence-electron chi connectivity index (χ4n) is 4.76. The molecule has 0 spiro atoms. The van der Waals surface area contributed by atoms with Crippen molar-refractivity contribution in [3.05, 3.63) is 0 Å². The summed E-state index contributed by atoms with van der Waals surface area (Å²) in [6, 6.07) is 0. The molecule has 20 heavy (non-hydrogen) atoms. The summed E-state index contributed by atoms with van der Waals surface area (Å²) in [6.45, 7) is 4.83. The molecule has 0 heterocycles. The summed E-state index contributed by atoms with van der Waals surface area (Å²) in [6.07, 6.45) is 21.5. The average Bonchev–Trinajstić information content (AvgIpc) is 2.50. The van der Waals surface area contributed by atoms with Gasteiger partial charge in [-0.25, -0.2) is 0 Å². The van der Waals surface area contributed by atoms with Crippen LogP contribution in [0.2, 0.25) is 0 Å². The minimum atomic E-state index is 0.328. The molecule has 0 saturated heterocycles. The van der Waals surface area contributed by atoms with Crippen molar-refractivity contribution < 1.29 is 0 Å². The molecule has 1 heteroatoms. The summed E-state index contributed by atoms with van der Waals surface area (Å²) >= 11 is 0. The van der Waals surface area contributed by atoms with Crippen molar-refractivity contribution in [2.45, 2.75) is 121 Å². The molecule has 0 bridgehead atoms. The van der Waals surface area contributed by atoms with E-state index in [1.54, 1.807) is 51.4 Å². The van der Waals surface area contributed by atoms with Crippen LogP contribution in [0, 0.1) is 0 Å². The summed E-state index contributed by atoms with van der Waals surface area (Å²) in [5, 5.41) is 0. The van der Waals surface area contributed by atoms with E-state index in [9.17, 15) is 0 Å². The zero-order valence-electron chi connectivity index (χ0n) is 14.1. The Bertz CT molecular complexity index is 214. The van der Waals surface area contributed by atoms with Crippen LogP contribution in [0.15, 0.2) is 0 Å². The van der Waals surface area contributed by atoms with Gasteiger partial charge < -0.3 is 0 Å². The maximum absolute atomic E-state index is 2.41. The molecule has 0 nitrogen and oxygen atoms in total. The molecule has 118 valence electrons. The molecule has 0 radical (unpaired) electrons. The Morgan fingerprint density at radius 1 is 0.700 bits per heavy atom. The molecule has 2 fully saturated rings. The molecule has 2 aliphatic rings. The molecular weight excluding hydrogens is 259 g/mol. The highest BCUT2D eigenvalue weighted by Crippen LogP contribution is 2.60. The van der Waals surface area contributed by atoms with Crippen LogP contribution in [0.5, 0.6) is 0 Å². The second-order valence-electron chi connectivity index (χ2n) is 7.26. The first-order valence-corrected chi connectivity index (χ1v) is 11.2. The van der Waals surface area contributed by atoms with Crippen LogP contribution in [-0.4, -0.2) is 17.0 Å². The third kappa shape index (κ3) is 4.72.